The number of nitro groups is 1. The van der Waals surface area contributed by atoms with E-state index in [-0.39, 0.29) is 10.6 Å². The molecule has 1 aromatic carbocycles. The Morgan fingerprint density at radius 3 is 2.60 bits per heavy atom. The molecule has 0 bridgehead atoms. The summed E-state index contributed by atoms with van der Waals surface area (Å²) in [5, 5.41) is 20.7. The van der Waals surface area contributed by atoms with Crippen molar-refractivity contribution >= 4 is 11.3 Å². The molecule has 0 saturated carbocycles. The monoisotopic (exact) mass is 332 g/mol. The second-order valence-electron chi connectivity index (χ2n) is 5.62. The predicted octanol–water partition coefficient (Wildman–Crippen LogP) is 4.02. The first kappa shape index (κ1) is 16.4. The van der Waals surface area contributed by atoms with Crippen LogP contribution in [-0.2, 0) is 0 Å². The molecule has 6 heteroatoms. The molecule has 0 N–H and O–H groups in total. The van der Waals surface area contributed by atoms with Crippen LogP contribution in [-0.4, -0.2) is 14.5 Å². The van der Waals surface area contributed by atoms with E-state index in [1.807, 2.05) is 12.2 Å². The molecule has 0 unspecified atom stereocenters. The number of allylic oxidation sites excluding steroid dienone is 5. The van der Waals surface area contributed by atoms with Gasteiger partial charge in [-0.15, -0.1) is 0 Å². The number of nitriles is 1. The Morgan fingerprint density at radius 2 is 1.96 bits per heavy atom. The molecule has 25 heavy (non-hydrogen) atoms. The molecule has 0 radical (unpaired) electrons. The maximum absolute atomic E-state index is 11.7. The molecule has 1 aromatic heterocycles. The summed E-state index contributed by atoms with van der Waals surface area (Å²) in [5.74, 6) is 0. The van der Waals surface area contributed by atoms with E-state index in [0.717, 1.165) is 30.5 Å². The summed E-state index contributed by atoms with van der Waals surface area (Å²) in [6, 6.07) is 8.91. The van der Waals surface area contributed by atoms with Gasteiger partial charge in [-0.25, -0.2) is 4.98 Å². The summed E-state index contributed by atoms with van der Waals surface area (Å²) in [4.78, 5) is 15.4. The SMILES string of the molecule is N#Cc1ccc(C2=C\CCC\C=C(n3ccnc3)/C=C\2[N+](=O)[O-])cc1. The van der Waals surface area contributed by atoms with Crippen LogP contribution < -0.4 is 0 Å². The Balaban J connectivity index is 2.10. The quantitative estimate of drug-likeness (QED) is 0.627. The first-order valence-corrected chi connectivity index (χ1v) is 7.94. The maximum Gasteiger partial charge on any atom is 0.278 e. The minimum atomic E-state index is -0.361. The van der Waals surface area contributed by atoms with Crippen LogP contribution in [0.4, 0.5) is 0 Å². The molecule has 0 amide bonds. The number of rotatable bonds is 3. The van der Waals surface area contributed by atoms with Crippen LogP contribution >= 0.6 is 0 Å². The molecule has 1 aliphatic rings. The van der Waals surface area contributed by atoms with Crippen molar-refractivity contribution in [3.8, 4) is 6.07 Å². The van der Waals surface area contributed by atoms with Crippen molar-refractivity contribution in [2.24, 2.45) is 0 Å². The molecular weight excluding hydrogens is 316 g/mol. The lowest BCUT2D eigenvalue weighted by Gasteiger charge is -2.07. The van der Waals surface area contributed by atoms with Crippen molar-refractivity contribution in [2.45, 2.75) is 19.3 Å². The second-order valence-corrected chi connectivity index (χ2v) is 5.62. The Morgan fingerprint density at radius 1 is 1.20 bits per heavy atom. The van der Waals surface area contributed by atoms with Crippen LogP contribution in [0.25, 0.3) is 11.3 Å². The minimum absolute atomic E-state index is 0.0338. The highest BCUT2D eigenvalue weighted by Crippen LogP contribution is 2.28. The van der Waals surface area contributed by atoms with Crippen molar-refractivity contribution in [3.05, 3.63) is 88.2 Å². The van der Waals surface area contributed by atoms with Crippen molar-refractivity contribution in [1.29, 1.82) is 5.26 Å². The Hall–Kier alpha value is -3.46. The fourth-order valence-corrected chi connectivity index (χ4v) is 2.73. The maximum atomic E-state index is 11.7. The molecule has 0 saturated heterocycles. The lowest BCUT2D eigenvalue weighted by atomic mass is 9.99. The predicted molar refractivity (Wildman–Crippen MR) is 94.6 cm³/mol. The standard InChI is InChI=1S/C19H16N4O2/c20-13-15-6-8-16(9-7-15)18-5-3-1-2-4-17(12-19(18)23(24)25)22-11-10-21-14-22/h4-12,14H,1-3H2/b17-4+,18-5+,19-12+. The zero-order valence-electron chi connectivity index (χ0n) is 13.5. The lowest BCUT2D eigenvalue weighted by molar-refractivity contribution is -0.416. The normalized spacial score (nSPS) is 21.2. The second kappa shape index (κ2) is 7.41. The van der Waals surface area contributed by atoms with Crippen LogP contribution in [0.2, 0.25) is 0 Å². The summed E-state index contributed by atoms with van der Waals surface area (Å²) >= 11 is 0. The van der Waals surface area contributed by atoms with Gasteiger partial charge in [0.05, 0.1) is 28.5 Å². The van der Waals surface area contributed by atoms with Gasteiger partial charge >= 0.3 is 0 Å². The van der Waals surface area contributed by atoms with Gasteiger partial charge in [-0.1, -0.05) is 24.3 Å². The third-order valence-corrected chi connectivity index (χ3v) is 3.99. The fraction of sp³-hybridized carbons (Fsp3) is 0.158. The first-order valence-electron chi connectivity index (χ1n) is 7.94. The van der Waals surface area contributed by atoms with Gasteiger partial charge in [-0.2, -0.15) is 5.26 Å². The van der Waals surface area contributed by atoms with Crippen LogP contribution in [0.15, 0.2) is 66.9 Å². The first-order chi connectivity index (χ1) is 12.2. The highest BCUT2D eigenvalue weighted by molar-refractivity contribution is 5.80. The summed E-state index contributed by atoms with van der Waals surface area (Å²) in [6.07, 6.45) is 13.0. The van der Waals surface area contributed by atoms with Gasteiger partial charge in [-0.05, 0) is 37.0 Å². The van der Waals surface area contributed by atoms with Crippen LogP contribution in [0.1, 0.15) is 30.4 Å². The Labute approximate surface area is 145 Å². The largest absolute Gasteiger partial charge is 0.306 e. The highest BCUT2D eigenvalue weighted by Gasteiger charge is 2.21. The molecule has 124 valence electrons. The van der Waals surface area contributed by atoms with Crippen LogP contribution in [0, 0.1) is 21.4 Å². The average molecular weight is 332 g/mol. The zero-order valence-corrected chi connectivity index (χ0v) is 13.5. The van der Waals surface area contributed by atoms with E-state index >= 15 is 0 Å². The molecule has 2 aromatic rings. The van der Waals surface area contributed by atoms with E-state index in [0.29, 0.717) is 11.1 Å². The van der Waals surface area contributed by atoms with Gasteiger partial charge < -0.3 is 4.57 Å². The van der Waals surface area contributed by atoms with Crippen molar-refractivity contribution < 1.29 is 4.92 Å². The number of nitrogens with zero attached hydrogens (tertiary/aromatic N) is 4. The summed E-state index contributed by atoms with van der Waals surface area (Å²) in [7, 11) is 0. The van der Waals surface area contributed by atoms with Crippen molar-refractivity contribution in [3.63, 3.8) is 0 Å². The molecule has 0 aliphatic heterocycles. The van der Waals surface area contributed by atoms with E-state index in [4.69, 9.17) is 5.26 Å². The van der Waals surface area contributed by atoms with Crippen LogP contribution in [0.3, 0.4) is 0 Å². The number of hydrogen-bond donors (Lipinski definition) is 0. The third kappa shape index (κ3) is 3.72. The lowest BCUT2D eigenvalue weighted by Crippen LogP contribution is -2.04. The van der Waals surface area contributed by atoms with Gasteiger partial charge in [-0.3, -0.25) is 10.1 Å². The number of benzene rings is 1. The van der Waals surface area contributed by atoms with Crippen molar-refractivity contribution in [1.82, 2.24) is 9.55 Å². The van der Waals surface area contributed by atoms with Gasteiger partial charge in [0, 0.05) is 24.2 Å². The average Bonchev–Trinajstić information content (AvgIpc) is 3.18. The van der Waals surface area contributed by atoms with Gasteiger partial charge in [0.1, 0.15) is 0 Å². The number of imidazole rings is 1. The van der Waals surface area contributed by atoms with Gasteiger partial charge in [0.25, 0.3) is 5.70 Å². The fourth-order valence-electron chi connectivity index (χ4n) is 2.73. The third-order valence-electron chi connectivity index (χ3n) is 3.99. The van der Waals surface area contributed by atoms with Crippen molar-refractivity contribution in [2.75, 3.05) is 0 Å². The molecule has 0 atom stereocenters. The zero-order chi connectivity index (χ0) is 17.6. The molecule has 1 aliphatic carbocycles. The van der Waals surface area contributed by atoms with E-state index < -0.39 is 0 Å². The van der Waals surface area contributed by atoms with Gasteiger partial charge in [0.2, 0.25) is 0 Å². The topological polar surface area (TPSA) is 84.8 Å². The summed E-state index contributed by atoms with van der Waals surface area (Å²) in [6.45, 7) is 0. The molecule has 6 nitrogen and oxygen atoms in total. The Bertz CT molecular complexity index is 898. The summed E-state index contributed by atoms with van der Waals surface area (Å²) < 4.78 is 1.77. The molecule has 1 heterocycles. The Kier molecular flexibility index (Phi) is 4.86. The van der Waals surface area contributed by atoms with Crippen LogP contribution in [0.5, 0.6) is 0 Å². The smallest absolute Gasteiger partial charge is 0.278 e. The molecule has 0 fully saturated rings. The number of aromatic nitrogens is 2. The number of hydrogen-bond acceptors (Lipinski definition) is 4. The van der Waals surface area contributed by atoms with E-state index in [9.17, 15) is 10.1 Å². The molecule has 0 spiro atoms. The molecule has 3 rings (SSSR count). The van der Waals surface area contributed by atoms with Gasteiger partial charge in [0.15, 0.2) is 0 Å². The highest BCUT2D eigenvalue weighted by atomic mass is 16.6. The minimum Gasteiger partial charge on any atom is -0.306 e. The van der Waals surface area contributed by atoms with E-state index in [2.05, 4.69) is 11.1 Å². The summed E-state index contributed by atoms with van der Waals surface area (Å²) in [5.41, 5.74) is 2.59. The van der Waals surface area contributed by atoms with E-state index in [1.54, 1.807) is 53.6 Å². The van der Waals surface area contributed by atoms with E-state index in [1.165, 1.54) is 0 Å². The molecular formula is C19H16N4O2.